The van der Waals surface area contributed by atoms with Crippen molar-refractivity contribution in [2.24, 2.45) is 0 Å². The Balaban J connectivity index is 3.80. The maximum absolute atomic E-state index is 11.3. The molecule has 0 aromatic carbocycles. The minimum Gasteiger partial charge on any atom is -0.386 e. The molecule has 0 aliphatic heterocycles. The smallest absolute Gasteiger partial charge is 0.341 e. The van der Waals surface area contributed by atoms with Gasteiger partial charge in [0, 0.05) is 11.6 Å². The van der Waals surface area contributed by atoms with Crippen LogP contribution >= 0.6 is 0 Å². The number of carbonyl (C=O) groups is 2. The molecule has 0 bridgehead atoms. The van der Waals surface area contributed by atoms with Crippen molar-refractivity contribution in [2.45, 2.75) is 52.4 Å². The molecular formula is C14H22O3. The van der Waals surface area contributed by atoms with E-state index < -0.39 is 11.9 Å². The van der Waals surface area contributed by atoms with E-state index in [0.29, 0.717) is 5.57 Å². The van der Waals surface area contributed by atoms with E-state index in [1.54, 1.807) is 6.92 Å². The first-order valence-corrected chi connectivity index (χ1v) is 6.17. The van der Waals surface area contributed by atoms with Crippen LogP contribution in [-0.4, -0.2) is 11.9 Å². The van der Waals surface area contributed by atoms with Gasteiger partial charge in [0.05, 0.1) is 0 Å². The summed E-state index contributed by atoms with van der Waals surface area (Å²) in [4.78, 5) is 22.1. The summed E-state index contributed by atoms with van der Waals surface area (Å²) in [6, 6.07) is 0. The third kappa shape index (κ3) is 8.43. The minimum atomic E-state index is -0.703. The summed E-state index contributed by atoms with van der Waals surface area (Å²) in [5.41, 5.74) is 0.482. The molecule has 0 radical (unpaired) electrons. The molecule has 0 rings (SSSR count). The van der Waals surface area contributed by atoms with Crippen molar-refractivity contribution < 1.29 is 14.3 Å². The van der Waals surface area contributed by atoms with Crippen LogP contribution in [-0.2, 0) is 14.3 Å². The second-order valence-corrected chi connectivity index (χ2v) is 4.00. The van der Waals surface area contributed by atoms with Crippen LogP contribution in [0.1, 0.15) is 52.4 Å². The summed E-state index contributed by atoms with van der Waals surface area (Å²) in [5, 5.41) is 0. The lowest BCUT2D eigenvalue weighted by atomic mass is 10.1. The molecule has 0 N–H and O–H groups in total. The minimum absolute atomic E-state index is 0.482. The van der Waals surface area contributed by atoms with Gasteiger partial charge in [-0.2, -0.15) is 0 Å². The summed E-state index contributed by atoms with van der Waals surface area (Å²) < 4.78 is 4.49. The first-order valence-electron chi connectivity index (χ1n) is 6.17. The Morgan fingerprint density at radius 2 is 1.82 bits per heavy atom. The van der Waals surface area contributed by atoms with Crippen LogP contribution in [0, 0.1) is 0 Å². The van der Waals surface area contributed by atoms with Gasteiger partial charge in [0.15, 0.2) is 0 Å². The van der Waals surface area contributed by atoms with Crippen molar-refractivity contribution >= 4 is 11.9 Å². The van der Waals surface area contributed by atoms with Gasteiger partial charge in [-0.1, -0.05) is 45.3 Å². The molecule has 96 valence electrons. The Morgan fingerprint density at radius 1 is 1.18 bits per heavy atom. The zero-order valence-corrected chi connectivity index (χ0v) is 10.8. The van der Waals surface area contributed by atoms with Crippen LogP contribution in [0.25, 0.3) is 0 Å². The molecular weight excluding hydrogens is 216 g/mol. The molecule has 0 heterocycles. The SMILES string of the molecule is C=CC(=O)OC(=O)C(C)=CCCCCCCC. The van der Waals surface area contributed by atoms with Crippen molar-refractivity contribution in [1.82, 2.24) is 0 Å². The van der Waals surface area contributed by atoms with Gasteiger partial charge in [0.25, 0.3) is 0 Å². The number of rotatable bonds is 8. The highest BCUT2D eigenvalue weighted by Gasteiger charge is 2.08. The summed E-state index contributed by atoms with van der Waals surface area (Å²) in [7, 11) is 0. The number of ether oxygens (including phenoxy) is 1. The fourth-order valence-corrected chi connectivity index (χ4v) is 1.36. The van der Waals surface area contributed by atoms with Crippen LogP contribution in [0.15, 0.2) is 24.3 Å². The quantitative estimate of drug-likeness (QED) is 0.281. The molecule has 0 fully saturated rings. The Hall–Kier alpha value is -1.38. The first kappa shape index (κ1) is 15.6. The average molecular weight is 238 g/mol. The lowest BCUT2D eigenvalue weighted by Crippen LogP contribution is -2.10. The van der Waals surface area contributed by atoms with Gasteiger partial charge in [-0.15, -0.1) is 0 Å². The summed E-state index contributed by atoms with van der Waals surface area (Å²) in [6.45, 7) is 7.07. The predicted molar refractivity (Wildman–Crippen MR) is 68.4 cm³/mol. The predicted octanol–water partition coefficient (Wildman–Crippen LogP) is 3.55. The number of unbranched alkanes of at least 4 members (excludes halogenated alkanes) is 5. The molecule has 0 saturated heterocycles. The van der Waals surface area contributed by atoms with Gasteiger partial charge >= 0.3 is 11.9 Å². The molecule has 0 aromatic rings. The summed E-state index contributed by atoms with van der Waals surface area (Å²) in [5.74, 6) is -1.28. The van der Waals surface area contributed by atoms with E-state index in [4.69, 9.17) is 0 Å². The van der Waals surface area contributed by atoms with Crippen LogP contribution < -0.4 is 0 Å². The topological polar surface area (TPSA) is 43.4 Å². The zero-order chi connectivity index (χ0) is 13.1. The zero-order valence-electron chi connectivity index (χ0n) is 10.8. The van der Waals surface area contributed by atoms with Crippen LogP contribution in [0.5, 0.6) is 0 Å². The highest BCUT2D eigenvalue weighted by molar-refractivity contribution is 5.98. The fraction of sp³-hybridized carbons (Fsp3) is 0.571. The highest BCUT2D eigenvalue weighted by Crippen LogP contribution is 2.07. The Kier molecular flexibility index (Phi) is 9.02. The molecule has 0 unspecified atom stereocenters. The van der Waals surface area contributed by atoms with Crippen molar-refractivity contribution in [1.29, 1.82) is 0 Å². The molecule has 0 spiro atoms. The number of carbonyl (C=O) groups excluding carboxylic acids is 2. The van der Waals surface area contributed by atoms with E-state index in [-0.39, 0.29) is 0 Å². The molecule has 3 heteroatoms. The summed E-state index contributed by atoms with van der Waals surface area (Å²) >= 11 is 0. The Bertz CT molecular complexity index is 290. The van der Waals surface area contributed by atoms with E-state index in [0.717, 1.165) is 18.9 Å². The lowest BCUT2D eigenvalue weighted by Gasteiger charge is -2.00. The molecule has 17 heavy (non-hydrogen) atoms. The molecule has 3 nitrogen and oxygen atoms in total. The van der Waals surface area contributed by atoms with Gasteiger partial charge in [-0.05, 0) is 19.8 Å². The van der Waals surface area contributed by atoms with E-state index in [9.17, 15) is 9.59 Å². The van der Waals surface area contributed by atoms with Crippen LogP contribution in [0.4, 0.5) is 0 Å². The third-order valence-electron chi connectivity index (χ3n) is 2.44. The number of esters is 2. The maximum Gasteiger partial charge on any atom is 0.341 e. The fourth-order valence-electron chi connectivity index (χ4n) is 1.36. The van der Waals surface area contributed by atoms with Gasteiger partial charge in [-0.25, -0.2) is 9.59 Å². The lowest BCUT2D eigenvalue weighted by molar-refractivity contribution is -0.153. The van der Waals surface area contributed by atoms with Gasteiger partial charge in [-0.3, -0.25) is 0 Å². The normalized spacial score (nSPS) is 11.1. The van der Waals surface area contributed by atoms with Crippen molar-refractivity contribution in [2.75, 3.05) is 0 Å². The number of hydrogen-bond acceptors (Lipinski definition) is 3. The van der Waals surface area contributed by atoms with E-state index in [1.807, 2.05) is 6.08 Å². The van der Waals surface area contributed by atoms with Gasteiger partial charge in [0.2, 0.25) is 0 Å². The van der Waals surface area contributed by atoms with E-state index in [1.165, 1.54) is 25.7 Å². The molecule has 0 aliphatic carbocycles. The number of hydrogen-bond donors (Lipinski definition) is 0. The highest BCUT2D eigenvalue weighted by atomic mass is 16.6. The Labute approximate surface area is 104 Å². The Morgan fingerprint density at radius 3 is 2.41 bits per heavy atom. The standard InChI is InChI=1S/C14H22O3/c1-4-6-7-8-9-10-11-12(3)14(16)17-13(15)5-2/h5,11H,2,4,6-10H2,1,3H3. The molecule has 0 amide bonds. The second kappa shape index (κ2) is 9.82. The number of allylic oxidation sites excluding steroid dienone is 1. The molecule has 0 aliphatic rings. The third-order valence-corrected chi connectivity index (χ3v) is 2.44. The van der Waals surface area contributed by atoms with Crippen LogP contribution in [0.2, 0.25) is 0 Å². The van der Waals surface area contributed by atoms with Gasteiger partial charge < -0.3 is 4.74 Å². The first-order chi connectivity index (χ1) is 8.11. The maximum atomic E-state index is 11.3. The monoisotopic (exact) mass is 238 g/mol. The second-order valence-electron chi connectivity index (χ2n) is 4.00. The largest absolute Gasteiger partial charge is 0.386 e. The van der Waals surface area contributed by atoms with Crippen molar-refractivity contribution in [3.8, 4) is 0 Å². The van der Waals surface area contributed by atoms with Crippen molar-refractivity contribution in [3.05, 3.63) is 24.3 Å². The molecule has 0 saturated carbocycles. The average Bonchev–Trinajstić information content (AvgIpc) is 2.32. The van der Waals surface area contributed by atoms with Crippen molar-refractivity contribution in [3.63, 3.8) is 0 Å². The van der Waals surface area contributed by atoms with E-state index in [2.05, 4.69) is 18.2 Å². The summed E-state index contributed by atoms with van der Waals surface area (Å²) in [6.07, 6.45) is 9.64. The molecule has 0 atom stereocenters. The van der Waals surface area contributed by atoms with Gasteiger partial charge in [0.1, 0.15) is 0 Å². The van der Waals surface area contributed by atoms with E-state index >= 15 is 0 Å². The van der Waals surface area contributed by atoms with Crippen LogP contribution in [0.3, 0.4) is 0 Å². The molecule has 0 aromatic heterocycles.